The predicted octanol–water partition coefficient (Wildman–Crippen LogP) is -0.420. The van der Waals surface area contributed by atoms with Crippen LogP contribution in [-0.4, -0.2) is 22.6 Å². The van der Waals surface area contributed by atoms with Crippen LogP contribution in [-0.2, 0) is 9.59 Å². The van der Waals surface area contributed by atoms with E-state index in [4.69, 9.17) is 10.8 Å². The van der Waals surface area contributed by atoms with Gasteiger partial charge in [0.1, 0.15) is 11.6 Å². The van der Waals surface area contributed by atoms with Crippen LogP contribution in [0.3, 0.4) is 0 Å². The first-order valence-electron chi connectivity index (χ1n) is 2.80. The number of carboxylic acid groups (broad SMARTS) is 1. The number of carboxylic acids is 1. The smallest absolute Gasteiger partial charge is 0.320 e. The van der Waals surface area contributed by atoms with Crippen LogP contribution >= 0.6 is 9.24 Å². The third-order valence-electron chi connectivity index (χ3n) is 1.02. The zero-order valence-electron chi connectivity index (χ0n) is 5.41. The number of carbonyl (C=O) groups is 2. The van der Waals surface area contributed by atoms with Crippen molar-refractivity contribution in [3.8, 4) is 0 Å². The van der Waals surface area contributed by atoms with Gasteiger partial charge in [-0.25, -0.2) is 0 Å². The molecule has 5 heteroatoms. The van der Waals surface area contributed by atoms with Crippen molar-refractivity contribution in [3.63, 3.8) is 0 Å². The van der Waals surface area contributed by atoms with E-state index in [-0.39, 0.29) is 18.4 Å². The van der Waals surface area contributed by atoms with E-state index in [0.717, 1.165) is 0 Å². The number of carbonyl (C=O) groups excluding carboxylic acids is 1. The van der Waals surface area contributed by atoms with Crippen molar-refractivity contribution in [1.29, 1.82) is 0 Å². The first-order valence-corrected chi connectivity index (χ1v) is 3.38. The second kappa shape index (κ2) is 4.36. The lowest BCUT2D eigenvalue weighted by molar-refractivity contribution is -0.138. The highest BCUT2D eigenvalue weighted by atomic mass is 31.0. The van der Waals surface area contributed by atoms with Gasteiger partial charge in [0.2, 0.25) is 0 Å². The van der Waals surface area contributed by atoms with E-state index in [1.165, 1.54) is 0 Å². The lowest BCUT2D eigenvalue weighted by Gasteiger charge is -2.02. The van der Waals surface area contributed by atoms with Crippen LogP contribution < -0.4 is 5.73 Å². The summed E-state index contributed by atoms with van der Waals surface area (Å²) in [4.78, 5) is 20.4. The molecule has 0 bridgehead atoms. The molecule has 0 heterocycles. The van der Waals surface area contributed by atoms with Crippen molar-refractivity contribution in [2.45, 2.75) is 18.9 Å². The lowest BCUT2D eigenvalue weighted by atomic mass is 10.2. The molecule has 0 fully saturated rings. The molecule has 4 nitrogen and oxygen atoms in total. The zero-order valence-corrected chi connectivity index (χ0v) is 6.56. The number of hydrogen-bond donors (Lipinski definition) is 2. The lowest BCUT2D eigenvalue weighted by Crippen LogP contribution is -2.30. The Kier molecular flexibility index (Phi) is 4.16. The number of rotatable bonds is 4. The Bertz CT molecular complexity index is 148. The Labute approximate surface area is 61.0 Å². The topological polar surface area (TPSA) is 80.4 Å². The summed E-state index contributed by atoms with van der Waals surface area (Å²) in [5.41, 5.74) is 4.99. The molecule has 58 valence electrons. The summed E-state index contributed by atoms with van der Waals surface area (Å²) in [6.07, 6.45) is 0.413. The van der Waals surface area contributed by atoms with Crippen molar-refractivity contribution in [2.75, 3.05) is 0 Å². The fourth-order valence-electron chi connectivity index (χ4n) is 0.421. The van der Waals surface area contributed by atoms with Crippen molar-refractivity contribution in [3.05, 3.63) is 0 Å². The van der Waals surface area contributed by atoms with E-state index in [2.05, 4.69) is 0 Å². The summed E-state index contributed by atoms with van der Waals surface area (Å²) >= 11 is 0. The summed E-state index contributed by atoms with van der Waals surface area (Å²) in [6, 6.07) is -0.913. The van der Waals surface area contributed by atoms with Gasteiger partial charge in [0, 0.05) is 6.42 Å². The quantitative estimate of drug-likeness (QED) is 0.551. The van der Waals surface area contributed by atoms with Gasteiger partial charge in [-0.3, -0.25) is 9.59 Å². The predicted molar refractivity (Wildman–Crippen MR) is 39.6 cm³/mol. The Balaban J connectivity index is 3.49. The van der Waals surface area contributed by atoms with Gasteiger partial charge < -0.3 is 10.8 Å². The molecule has 3 N–H and O–H groups in total. The average molecular weight is 163 g/mol. The molecule has 0 saturated carbocycles. The molecule has 0 rings (SSSR count). The highest BCUT2D eigenvalue weighted by Crippen LogP contribution is 1.99. The van der Waals surface area contributed by atoms with Crippen molar-refractivity contribution >= 4 is 20.7 Å². The molecule has 0 amide bonds. The van der Waals surface area contributed by atoms with E-state index in [0.29, 0.717) is 0 Å². The Morgan fingerprint density at radius 1 is 1.60 bits per heavy atom. The molecule has 0 aromatic heterocycles. The van der Waals surface area contributed by atoms with Crippen LogP contribution in [0.2, 0.25) is 0 Å². The van der Waals surface area contributed by atoms with Gasteiger partial charge in [0.15, 0.2) is 0 Å². The molecule has 0 saturated heterocycles. The summed E-state index contributed by atoms with van der Waals surface area (Å²) in [6.45, 7) is 0. The monoisotopic (exact) mass is 163 g/mol. The van der Waals surface area contributed by atoms with Crippen LogP contribution in [0, 0.1) is 0 Å². The molecule has 0 aliphatic carbocycles. The molecule has 2 atom stereocenters. The van der Waals surface area contributed by atoms with Crippen molar-refractivity contribution in [2.24, 2.45) is 5.73 Å². The van der Waals surface area contributed by atoms with Gasteiger partial charge in [-0.05, 0) is 6.42 Å². The average Bonchev–Trinajstić information content (AvgIpc) is 1.82. The van der Waals surface area contributed by atoms with Crippen LogP contribution in [0.5, 0.6) is 0 Å². The highest BCUT2D eigenvalue weighted by Gasteiger charge is 2.11. The van der Waals surface area contributed by atoms with E-state index >= 15 is 0 Å². The molecule has 0 aromatic rings. The molecular weight excluding hydrogens is 153 g/mol. The molecule has 1 unspecified atom stereocenters. The van der Waals surface area contributed by atoms with Gasteiger partial charge in [0.25, 0.3) is 0 Å². The summed E-state index contributed by atoms with van der Waals surface area (Å²) in [7, 11) is 1.97. The maximum Gasteiger partial charge on any atom is 0.320 e. The fourth-order valence-corrected chi connectivity index (χ4v) is 0.588. The SMILES string of the molecule is N[C@@H](CCC(=O)P)C(=O)O. The standard InChI is InChI=1S/C5H10NO3P/c6-3(5(8)9)1-2-4(7)10/h3H,1-2,6,10H2,(H,8,9)/t3-/m0/s1. The number of aliphatic carboxylic acids is 1. The van der Waals surface area contributed by atoms with Crippen LogP contribution in [0.4, 0.5) is 0 Å². The molecule has 0 aliphatic rings. The summed E-state index contributed by atoms with van der Waals surface area (Å²) < 4.78 is 0. The van der Waals surface area contributed by atoms with Gasteiger partial charge in [0.05, 0.1) is 0 Å². The van der Waals surface area contributed by atoms with Crippen molar-refractivity contribution in [1.82, 2.24) is 0 Å². The molecule has 0 spiro atoms. The second-order valence-corrected chi connectivity index (χ2v) is 2.59. The third-order valence-corrected chi connectivity index (χ3v) is 1.31. The Morgan fingerprint density at radius 2 is 2.10 bits per heavy atom. The number of hydrogen-bond acceptors (Lipinski definition) is 3. The van der Waals surface area contributed by atoms with Gasteiger partial charge in [-0.2, -0.15) is 0 Å². The molecular formula is C5H10NO3P. The van der Waals surface area contributed by atoms with E-state index in [1.807, 2.05) is 9.24 Å². The van der Waals surface area contributed by atoms with E-state index < -0.39 is 12.0 Å². The van der Waals surface area contributed by atoms with Crippen LogP contribution in [0.25, 0.3) is 0 Å². The van der Waals surface area contributed by atoms with Crippen LogP contribution in [0.15, 0.2) is 0 Å². The maximum atomic E-state index is 10.3. The Morgan fingerprint density at radius 3 is 2.40 bits per heavy atom. The Hall–Kier alpha value is -0.470. The fraction of sp³-hybridized carbons (Fsp3) is 0.600. The minimum atomic E-state index is -1.06. The van der Waals surface area contributed by atoms with E-state index in [9.17, 15) is 9.59 Å². The second-order valence-electron chi connectivity index (χ2n) is 1.95. The molecule has 0 aliphatic heterocycles. The van der Waals surface area contributed by atoms with Gasteiger partial charge >= 0.3 is 5.97 Å². The van der Waals surface area contributed by atoms with E-state index in [1.54, 1.807) is 0 Å². The first-order chi connectivity index (χ1) is 4.54. The van der Waals surface area contributed by atoms with Crippen molar-refractivity contribution < 1.29 is 14.7 Å². The van der Waals surface area contributed by atoms with Gasteiger partial charge in [-0.15, -0.1) is 0 Å². The highest BCUT2D eigenvalue weighted by molar-refractivity contribution is 7.40. The molecule has 10 heavy (non-hydrogen) atoms. The zero-order chi connectivity index (χ0) is 8.15. The minimum Gasteiger partial charge on any atom is -0.480 e. The minimum absolute atomic E-state index is 0.114. The number of nitrogens with two attached hydrogens (primary N) is 1. The third kappa shape index (κ3) is 4.41. The molecule has 0 radical (unpaired) electrons. The first kappa shape index (κ1) is 9.53. The summed E-state index contributed by atoms with van der Waals surface area (Å²) in [5.74, 6) is -1.06. The molecule has 0 aromatic carbocycles. The van der Waals surface area contributed by atoms with Crippen LogP contribution in [0.1, 0.15) is 12.8 Å². The van der Waals surface area contributed by atoms with Gasteiger partial charge in [-0.1, -0.05) is 9.24 Å². The summed E-state index contributed by atoms with van der Waals surface area (Å²) in [5, 5.41) is 8.25. The normalized spacial score (nSPS) is 12.6. The maximum absolute atomic E-state index is 10.3. The largest absolute Gasteiger partial charge is 0.480 e.